The Balaban J connectivity index is 1.99. The first-order valence-corrected chi connectivity index (χ1v) is 8.87. The van der Waals surface area contributed by atoms with Crippen molar-refractivity contribution < 1.29 is 0 Å². The van der Waals surface area contributed by atoms with Gasteiger partial charge in [0.2, 0.25) is 0 Å². The van der Waals surface area contributed by atoms with Crippen molar-refractivity contribution in [2.45, 2.75) is 46.2 Å². The van der Waals surface area contributed by atoms with Crippen LogP contribution in [0.15, 0.2) is 28.8 Å². The Morgan fingerprint density at radius 1 is 1.35 bits per heavy atom. The maximum atomic E-state index is 4.62. The molecule has 0 aliphatic carbocycles. The van der Waals surface area contributed by atoms with Crippen molar-refractivity contribution in [2.75, 3.05) is 13.1 Å². The van der Waals surface area contributed by atoms with Gasteiger partial charge in [0.15, 0.2) is 11.8 Å². The van der Waals surface area contributed by atoms with Crippen LogP contribution in [0.1, 0.15) is 38.4 Å². The van der Waals surface area contributed by atoms with E-state index in [0.29, 0.717) is 6.54 Å². The van der Waals surface area contributed by atoms with Gasteiger partial charge in [0.05, 0.1) is 0 Å². The summed E-state index contributed by atoms with van der Waals surface area (Å²) in [6.07, 6.45) is 1.74. The maximum Gasteiger partial charge on any atom is 0.191 e. The molecular formula is C16H26N6S. The standard InChI is InChI=1S/C16H26N6S/c1-5-17-15(18-10-14-21-20-12-22(14)6-2)19-11-16(3,4)13-8-7-9-23-13/h7-9,12H,5-6,10-11H2,1-4H3,(H2,17,18,19). The van der Waals surface area contributed by atoms with E-state index in [-0.39, 0.29) is 5.41 Å². The Bertz CT molecular complexity index is 614. The summed E-state index contributed by atoms with van der Waals surface area (Å²) in [6, 6.07) is 4.28. The van der Waals surface area contributed by atoms with Gasteiger partial charge in [-0.15, -0.1) is 21.5 Å². The van der Waals surface area contributed by atoms with E-state index in [0.717, 1.165) is 31.4 Å². The SMILES string of the molecule is CCNC(=NCc1nncn1CC)NCC(C)(C)c1cccs1. The van der Waals surface area contributed by atoms with Crippen LogP contribution in [0.2, 0.25) is 0 Å². The first-order chi connectivity index (χ1) is 11.1. The highest BCUT2D eigenvalue weighted by Crippen LogP contribution is 2.26. The minimum absolute atomic E-state index is 0.0633. The van der Waals surface area contributed by atoms with E-state index in [2.05, 4.69) is 71.0 Å². The molecule has 2 heterocycles. The Labute approximate surface area is 142 Å². The molecule has 0 saturated heterocycles. The number of nitrogens with zero attached hydrogens (tertiary/aromatic N) is 4. The molecule has 2 N–H and O–H groups in total. The van der Waals surface area contributed by atoms with Gasteiger partial charge < -0.3 is 15.2 Å². The first-order valence-electron chi connectivity index (χ1n) is 7.99. The van der Waals surface area contributed by atoms with Crippen molar-refractivity contribution in [3.05, 3.63) is 34.5 Å². The Morgan fingerprint density at radius 3 is 2.83 bits per heavy atom. The molecule has 7 heteroatoms. The summed E-state index contributed by atoms with van der Waals surface area (Å²) in [5.41, 5.74) is 0.0633. The summed E-state index contributed by atoms with van der Waals surface area (Å²) in [5.74, 6) is 1.69. The van der Waals surface area contributed by atoms with E-state index in [1.807, 2.05) is 4.57 Å². The van der Waals surface area contributed by atoms with Gasteiger partial charge in [-0.2, -0.15) is 0 Å². The Morgan fingerprint density at radius 2 is 2.17 bits per heavy atom. The van der Waals surface area contributed by atoms with Crippen molar-refractivity contribution in [3.8, 4) is 0 Å². The van der Waals surface area contributed by atoms with Gasteiger partial charge in [-0.3, -0.25) is 0 Å². The molecule has 0 amide bonds. The summed E-state index contributed by atoms with van der Waals surface area (Å²) in [5, 5.41) is 16.9. The highest BCUT2D eigenvalue weighted by molar-refractivity contribution is 7.10. The molecule has 0 bridgehead atoms. The van der Waals surface area contributed by atoms with E-state index in [1.165, 1.54) is 4.88 Å². The van der Waals surface area contributed by atoms with Crippen LogP contribution in [0.5, 0.6) is 0 Å². The van der Waals surface area contributed by atoms with Crippen LogP contribution in [0.25, 0.3) is 0 Å². The lowest BCUT2D eigenvalue weighted by atomic mass is 9.91. The summed E-state index contributed by atoms with van der Waals surface area (Å²) in [7, 11) is 0. The normalized spacial score (nSPS) is 12.4. The van der Waals surface area contributed by atoms with Crippen LogP contribution < -0.4 is 10.6 Å². The summed E-state index contributed by atoms with van der Waals surface area (Å²) < 4.78 is 2.00. The smallest absolute Gasteiger partial charge is 0.191 e. The number of aryl methyl sites for hydroxylation is 1. The molecule has 0 aliphatic rings. The molecule has 0 saturated carbocycles. The summed E-state index contributed by atoms with van der Waals surface area (Å²) >= 11 is 1.79. The van der Waals surface area contributed by atoms with Gasteiger partial charge >= 0.3 is 0 Å². The fourth-order valence-electron chi connectivity index (χ4n) is 2.21. The van der Waals surface area contributed by atoms with Crippen LogP contribution in [-0.2, 0) is 18.5 Å². The van der Waals surface area contributed by atoms with Gasteiger partial charge in [0.1, 0.15) is 12.9 Å². The van der Waals surface area contributed by atoms with Gasteiger partial charge in [-0.05, 0) is 25.3 Å². The molecule has 2 rings (SSSR count). The molecule has 0 unspecified atom stereocenters. The van der Waals surface area contributed by atoms with Gasteiger partial charge in [-0.1, -0.05) is 19.9 Å². The molecular weight excluding hydrogens is 308 g/mol. The maximum absolute atomic E-state index is 4.62. The Hall–Kier alpha value is -1.89. The number of hydrogen-bond donors (Lipinski definition) is 2. The minimum atomic E-state index is 0.0633. The topological polar surface area (TPSA) is 67.1 Å². The third kappa shape index (κ3) is 4.79. The fraction of sp³-hybridized carbons (Fsp3) is 0.562. The number of aromatic nitrogens is 3. The molecule has 0 atom stereocenters. The average molecular weight is 334 g/mol. The zero-order valence-electron chi connectivity index (χ0n) is 14.3. The lowest BCUT2D eigenvalue weighted by molar-refractivity contribution is 0.518. The molecule has 0 aromatic carbocycles. The van der Waals surface area contributed by atoms with Gasteiger partial charge in [-0.25, -0.2) is 4.99 Å². The van der Waals surface area contributed by atoms with Crippen LogP contribution in [0.3, 0.4) is 0 Å². The third-order valence-electron chi connectivity index (χ3n) is 3.65. The Kier molecular flexibility index (Phi) is 6.15. The average Bonchev–Trinajstić information content (AvgIpc) is 3.20. The molecule has 0 aliphatic heterocycles. The second-order valence-corrected chi connectivity index (χ2v) is 6.89. The highest BCUT2D eigenvalue weighted by atomic mass is 32.1. The van der Waals surface area contributed by atoms with Crippen molar-refractivity contribution >= 4 is 17.3 Å². The largest absolute Gasteiger partial charge is 0.357 e. The van der Waals surface area contributed by atoms with E-state index in [1.54, 1.807) is 17.7 Å². The zero-order chi connectivity index (χ0) is 16.7. The third-order valence-corrected chi connectivity index (χ3v) is 4.88. The number of rotatable bonds is 7. The van der Waals surface area contributed by atoms with E-state index >= 15 is 0 Å². The molecule has 0 spiro atoms. The predicted octanol–water partition coefficient (Wildman–Crippen LogP) is 2.39. The summed E-state index contributed by atoms with van der Waals surface area (Å²) in [6.45, 7) is 11.6. The van der Waals surface area contributed by atoms with Crippen molar-refractivity contribution in [1.29, 1.82) is 0 Å². The van der Waals surface area contributed by atoms with Gasteiger partial charge in [0, 0.05) is 29.9 Å². The quantitative estimate of drug-likeness (QED) is 0.603. The monoisotopic (exact) mass is 334 g/mol. The molecule has 0 radical (unpaired) electrons. The number of thiophene rings is 1. The van der Waals surface area contributed by atoms with Crippen LogP contribution in [0.4, 0.5) is 0 Å². The molecule has 126 valence electrons. The minimum Gasteiger partial charge on any atom is -0.357 e. The number of nitrogens with one attached hydrogen (secondary N) is 2. The summed E-state index contributed by atoms with van der Waals surface area (Å²) in [4.78, 5) is 5.99. The molecule has 2 aromatic rings. The lowest BCUT2D eigenvalue weighted by Gasteiger charge is -2.25. The second-order valence-electron chi connectivity index (χ2n) is 5.94. The van der Waals surface area contributed by atoms with Crippen molar-refractivity contribution in [1.82, 2.24) is 25.4 Å². The van der Waals surface area contributed by atoms with E-state index in [9.17, 15) is 0 Å². The van der Waals surface area contributed by atoms with E-state index < -0.39 is 0 Å². The van der Waals surface area contributed by atoms with Gasteiger partial charge in [0.25, 0.3) is 0 Å². The zero-order valence-corrected chi connectivity index (χ0v) is 15.2. The fourth-order valence-corrected chi connectivity index (χ4v) is 3.06. The molecule has 23 heavy (non-hydrogen) atoms. The van der Waals surface area contributed by atoms with Crippen molar-refractivity contribution in [3.63, 3.8) is 0 Å². The molecule has 0 fully saturated rings. The van der Waals surface area contributed by atoms with Crippen molar-refractivity contribution in [2.24, 2.45) is 4.99 Å². The molecule has 2 aromatic heterocycles. The number of hydrogen-bond acceptors (Lipinski definition) is 4. The number of aliphatic imine (C=N–C) groups is 1. The highest BCUT2D eigenvalue weighted by Gasteiger charge is 2.21. The van der Waals surface area contributed by atoms with E-state index in [4.69, 9.17) is 0 Å². The lowest BCUT2D eigenvalue weighted by Crippen LogP contribution is -2.43. The van der Waals surface area contributed by atoms with Crippen LogP contribution >= 0.6 is 11.3 Å². The second kappa shape index (κ2) is 8.10. The van der Waals surface area contributed by atoms with Crippen LogP contribution in [0, 0.1) is 0 Å². The first kappa shape index (κ1) is 17.5. The number of guanidine groups is 1. The van der Waals surface area contributed by atoms with Crippen LogP contribution in [-0.4, -0.2) is 33.8 Å². The predicted molar refractivity (Wildman–Crippen MR) is 95.9 cm³/mol. The molecule has 6 nitrogen and oxygen atoms in total.